The first-order valence-electron chi connectivity index (χ1n) is 9.30. The van der Waals surface area contributed by atoms with E-state index in [2.05, 4.69) is 22.3 Å². The Bertz CT molecular complexity index is 709. The summed E-state index contributed by atoms with van der Waals surface area (Å²) in [5, 5.41) is 2.38. The van der Waals surface area contributed by atoms with Crippen LogP contribution in [0, 0.1) is 0 Å². The number of rotatable bonds is 5. The van der Waals surface area contributed by atoms with Gasteiger partial charge in [0.15, 0.2) is 11.5 Å². The third-order valence-corrected chi connectivity index (χ3v) is 5.43. The number of primary amides is 1. The molecule has 1 atom stereocenters. The predicted octanol–water partition coefficient (Wildman–Crippen LogP) is 0.721. The number of hydrogen-bond acceptors (Lipinski definition) is 5. The van der Waals surface area contributed by atoms with Crippen molar-refractivity contribution in [2.24, 2.45) is 5.73 Å². The molecule has 2 aliphatic rings. The highest BCUT2D eigenvalue weighted by Crippen LogP contribution is 2.34. The van der Waals surface area contributed by atoms with Crippen molar-refractivity contribution in [1.29, 1.82) is 0 Å². The van der Waals surface area contributed by atoms with Gasteiger partial charge in [-0.2, -0.15) is 0 Å². The zero-order valence-corrected chi connectivity index (χ0v) is 16.0. The number of urea groups is 1. The fourth-order valence-corrected chi connectivity index (χ4v) is 3.97. The number of nitrogens with two attached hydrogens (primary N) is 1. The number of hydrogen-bond donors (Lipinski definition) is 2. The topological polar surface area (TPSA) is 97.1 Å². The van der Waals surface area contributed by atoms with E-state index in [4.69, 9.17) is 15.2 Å². The summed E-state index contributed by atoms with van der Waals surface area (Å²) in [4.78, 5) is 27.4. The standard InChI is InChI=1S/C19H28N4O4/c1-26-16-8-13-5-7-22(11-14(13)9-17(16)27-2)15-4-3-6-23(12-15)18(24)10-21-19(20)25/h8-9,15H,3-7,10-12H2,1-2H3,(H3,20,21,25)/t15-/m0/s1. The van der Waals surface area contributed by atoms with Crippen LogP contribution in [0.5, 0.6) is 11.5 Å². The van der Waals surface area contributed by atoms with Crippen LogP contribution in [-0.4, -0.2) is 68.2 Å². The molecule has 27 heavy (non-hydrogen) atoms. The zero-order chi connectivity index (χ0) is 19.4. The van der Waals surface area contributed by atoms with E-state index in [-0.39, 0.29) is 12.5 Å². The first kappa shape index (κ1) is 19.3. The van der Waals surface area contributed by atoms with E-state index in [0.717, 1.165) is 50.4 Å². The Morgan fingerprint density at radius 3 is 2.56 bits per heavy atom. The van der Waals surface area contributed by atoms with Crippen LogP contribution < -0.4 is 20.5 Å². The zero-order valence-electron chi connectivity index (χ0n) is 16.0. The molecule has 3 N–H and O–H groups in total. The number of nitrogens with one attached hydrogen (secondary N) is 1. The number of benzene rings is 1. The number of likely N-dealkylation sites (tertiary alicyclic amines) is 1. The number of piperidine rings is 1. The maximum absolute atomic E-state index is 12.3. The second-order valence-corrected chi connectivity index (χ2v) is 7.05. The van der Waals surface area contributed by atoms with E-state index in [9.17, 15) is 9.59 Å². The van der Waals surface area contributed by atoms with Crippen molar-refractivity contribution in [3.05, 3.63) is 23.3 Å². The Morgan fingerprint density at radius 1 is 1.19 bits per heavy atom. The third kappa shape index (κ3) is 4.44. The number of methoxy groups -OCH3 is 2. The molecule has 1 aromatic rings. The fourth-order valence-electron chi connectivity index (χ4n) is 3.97. The number of nitrogens with zero attached hydrogens (tertiary/aromatic N) is 2. The lowest BCUT2D eigenvalue weighted by molar-refractivity contribution is -0.132. The normalized spacial score (nSPS) is 19.9. The number of fused-ring (bicyclic) bond motifs is 1. The molecule has 0 saturated carbocycles. The summed E-state index contributed by atoms with van der Waals surface area (Å²) in [6, 6.07) is 3.77. The highest BCUT2D eigenvalue weighted by molar-refractivity contribution is 5.83. The van der Waals surface area contributed by atoms with Gasteiger partial charge >= 0.3 is 6.03 Å². The largest absolute Gasteiger partial charge is 0.493 e. The third-order valence-electron chi connectivity index (χ3n) is 5.43. The second-order valence-electron chi connectivity index (χ2n) is 7.05. The summed E-state index contributed by atoms with van der Waals surface area (Å²) in [7, 11) is 3.30. The summed E-state index contributed by atoms with van der Waals surface area (Å²) in [5.74, 6) is 1.43. The van der Waals surface area contributed by atoms with Gasteiger partial charge < -0.3 is 25.4 Å². The van der Waals surface area contributed by atoms with E-state index in [1.165, 1.54) is 11.1 Å². The van der Waals surface area contributed by atoms with Gasteiger partial charge in [0.05, 0.1) is 20.8 Å². The first-order valence-corrected chi connectivity index (χ1v) is 9.30. The summed E-state index contributed by atoms with van der Waals surface area (Å²) >= 11 is 0. The quantitative estimate of drug-likeness (QED) is 0.789. The maximum Gasteiger partial charge on any atom is 0.312 e. The smallest absolute Gasteiger partial charge is 0.312 e. The van der Waals surface area contributed by atoms with E-state index in [1.54, 1.807) is 14.2 Å². The Labute approximate surface area is 159 Å². The molecule has 0 aromatic heterocycles. The van der Waals surface area contributed by atoms with Crippen molar-refractivity contribution in [3.63, 3.8) is 0 Å². The minimum Gasteiger partial charge on any atom is -0.493 e. The van der Waals surface area contributed by atoms with Crippen LogP contribution in [0.15, 0.2) is 12.1 Å². The molecule has 0 radical (unpaired) electrons. The lowest BCUT2D eigenvalue weighted by atomic mass is 9.95. The number of amides is 3. The SMILES string of the molecule is COc1cc2c(cc1OC)CN([C@H]1CCCN(C(=O)CNC(N)=O)C1)CC2. The van der Waals surface area contributed by atoms with Crippen molar-refractivity contribution >= 4 is 11.9 Å². The molecule has 8 nitrogen and oxygen atoms in total. The molecule has 8 heteroatoms. The summed E-state index contributed by atoms with van der Waals surface area (Å²) in [6.07, 6.45) is 2.97. The number of carbonyl (C=O) groups is 2. The monoisotopic (exact) mass is 376 g/mol. The molecule has 0 bridgehead atoms. The molecule has 3 rings (SSSR count). The van der Waals surface area contributed by atoms with Gasteiger partial charge in [-0.25, -0.2) is 4.79 Å². The molecule has 2 heterocycles. The van der Waals surface area contributed by atoms with Crippen LogP contribution in [0.2, 0.25) is 0 Å². The average Bonchev–Trinajstić information content (AvgIpc) is 2.70. The van der Waals surface area contributed by atoms with Gasteiger partial charge in [-0.1, -0.05) is 0 Å². The summed E-state index contributed by atoms with van der Waals surface area (Å²) in [6.45, 7) is 3.16. The highest BCUT2D eigenvalue weighted by atomic mass is 16.5. The van der Waals surface area contributed by atoms with Crippen LogP contribution in [-0.2, 0) is 17.8 Å². The van der Waals surface area contributed by atoms with E-state index in [0.29, 0.717) is 12.6 Å². The lowest BCUT2D eigenvalue weighted by Gasteiger charge is -2.41. The minimum absolute atomic E-state index is 0.0398. The fraction of sp³-hybridized carbons (Fsp3) is 0.579. The number of ether oxygens (including phenoxy) is 2. The van der Waals surface area contributed by atoms with E-state index >= 15 is 0 Å². The molecule has 148 valence electrons. The molecule has 0 unspecified atom stereocenters. The van der Waals surface area contributed by atoms with Crippen LogP contribution in [0.3, 0.4) is 0 Å². The van der Waals surface area contributed by atoms with E-state index in [1.807, 2.05) is 4.90 Å². The van der Waals surface area contributed by atoms with Crippen molar-refractivity contribution in [2.75, 3.05) is 40.4 Å². The van der Waals surface area contributed by atoms with E-state index < -0.39 is 6.03 Å². The molecule has 3 amide bonds. The molecular weight excluding hydrogens is 348 g/mol. The molecule has 1 aromatic carbocycles. The van der Waals surface area contributed by atoms with Gasteiger partial charge in [0.1, 0.15) is 0 Å². The molecular formula is C19H28N4O4. The maximum atomic E-state index is 12.3. The Hall–Kier alpha value is -2.48. The molecule has 0 spiro atoms. The Kier molecular flexibility index (Phi) is 6.05. The second kappa shape index (κ2) is 8.47. The molecule has 1 saturated heterocycles. The summed E-state index contributed by atoms with van der Waals surface area (Å²) in [5.41, 5.74) is 7.59. The Morgan fingerprint density at radius 2 is 1.89 bits per heavy atom. The summed E-state index contributed by atoms with van der Waals surface area (Å²) < 4.78 is 10.8. The molecule has 2 aliphatic heterocycles. The number of carbonyl (C=O) groups excluding carboxylic acids is 2. The van der Waals surface area contributed by atoms with Crippen molar-refractivity contribution in [3.8, 4) is 11.5 Å². The predicted molar refractivity (Wildman–Crippen MR) is 101 cm³/mol. The van der Waals surface area contributed by atoms with Crippen molar-refractivity contribution in [2.45, 2.75) is 31.8 Å². The van der Waals surface area contributed by atoms with Crippen LogP contribution in [0.4, 0.5) is 4.79 Å². The van der Waals surface area contributed by atoms with Gasteiger partial charge in [-0.05, 0) is 42.5 Å². The van der Waals surface area contributed by atoms with Crippen molar-refractivity contribution < 1.29 is 19.1 Å². The average molecular weight is 376 g/mol. The van der Waals surface area contributed by atoms with Gasteiger partial charge in [0, 0.05) is 32.2 Å². The highest BCUT2D eigenvalue weighted by Gasteiger charge is 2.30. The lowest BCUT2D eigenvalue weighted by Crippen LogP contribution is -2.52. The van der Waals surface area contributed by atoms with Crippen LogP contribution in [0.25, 0.3) is 0 Å². The molecule has 1 fully saturated rings. The van der Waals surface area contributed by atoms with Crippen LogP contribution >= 0.6 is 0 Å². The first-order chi connectivity index (χ1) is 13.0. The van der Waals surface area contributed by atoms with Crippen LogP contribution in [0.1, 0.15) is 24.0 Å². The van der Waals surface area contributed by atoms with Gasteiger partial charge in [0.25, 0.3) is 0 Å². The molecule has 0 aliphatic carbocycles. The van der Waals surface area contributed by atoms with Gasteiger partial charge in [-0.3, -0.25) is 9.69 Å². The van der Waals surface area contributed by atoms with Gasteiger partial charge in [-0.15, -0.1) is 0 Å². The Balaban J connectivity index is 1.66. The van der Waals surface area contributed by atoms with Crippen molar-refractivity contribution in [1.82, 2.24) is 15.1 Å². The van der Waals surface area contributed by atoms with Gasteiger partial charge in [0.2, 0.25) is 5.91 Å². The minimum atomic E-state index is -0.672.